The Kier molecular flexibility index (Phi) is 12.1. The number of nitrogens with zero attached hydrogens (tertiary/aromatic N) is 6. The van der Waals surface area contributed by atoms with Crippen molar-refractivity contribution in [1.82, 2.24) is 39.5 Å². The number of nitrogens with one attached hydrogen (secondary N) is 2. The van der Waals surface area contributed by atoms with Gasteiger partial charge in [-0.25, -0.2) is 14.8 Å². The van der Waals surface area contributed by atoms with Crippen molar-refractivity contribution in [3.05, 3.63) is 144 Å². The summed E-state index contributed by atoms with van der Waals surface area (Å²) in [5.74, 6) is 2.06. The van der Waals surface area contributed by atoms with Crippen molar-refractivity contribution in [1.29, 1.82) is 0 Å². The highest BCUT2D eigenvalue weighted by atomic mass is 16.6. The minimum Gasteiger partial charge on any atom is -0.444 e. The van der Waals surface area contributed by atoms with Gasteiger partial charge in [-0.3, -0.25) is 14.5 Å². The minimum absolute atomic E-state index is 0.00191. The Hall–Kier alpha value is -6.53. The topological polar surface area (TPSA) is 131 Å². The van der Waals surface area contributed by atoms with E-state index in [0.29, 0.717) is 25.2 Å². The van der Waals surface area contributed by atoms with Gasteiger partial charge in [0.25, 0.3) is 5.91 Å². The molecule has 4 fully saturated rings. The predicted molar refractivity (Wildman–Crippen MR) is 255 cm³/mol. The van der Waals surface area contributed by atoms with Gasteiger partial charge in [0.2, 0.25) is 5.91 Å². The van der Waals surface area contributed by atoms with Crippen molar-refractivity contribution in [3.8, 4) is 33.6 Å². The quantitative estimate of drug-likeness (QED) is 0.140. The normalized spacial score (nSPS) is 19.8. The van der Waals surface area contributed by atoms with Crippen LogP contribution in [0.4, 0.5) is 4.79 Å². The van der Waals surface area contributed by atoms with Crippen LogP contribution in [0.2, 0.25) is 0 Å². The van der Waals surface area contributed by atoms with Crippen molar-refractivity contribution >= 4 is 17.9 Å². The lowest BCUT2D eigenvalue weighted by atomic mass is 9.91. The fraction of sp³-hybridized carbons (Fsp3) is 0.389. The summed E-state index contributed by atoms with van der Waals surface area (Å²) in [5, 5.41) is 0. The lowest BCUT2D eigenvalue weighted by Crippen LogP contribution is -2.50. The number of carbonyl (C=O) groups is 3. The molecular formula is C54H60N8O4. The number of imidazole rings is 2. The van der Waals surface area contributed by atoms with Gasteiger partial charge in [0, 0.05) is 37.7 Å². The molecule has 6 aromatic rings. The van der Waals surface area contributed by atoms with Gasteiger partial charge < -0.3 is 29.4 Å². The van der Waals surface area contributed by atoms with Crippen LogP contribution in [0.15, 0.2) is 116 Å². The van der Waals surface area contributed by atoms with E-state index < -0.39 is 5.60 Å². The summed E-state index contributed by atoms with van der Waals surface area (Å²) in [5.41, 5.74) is 8.47. The smallest absolute Gasteiger partial charge is 0.410 e. The zero-order valence-electron chi connectivity index (χ0n) is 38.3. The Bertz CT molecular complexity index is 2640. The highest BCUT2D eigenvalue weighted by molar-refractivity contribution is 5.94. The summed E-state index contributed by atoms with van der Waals surface area (Å²) in [7, 11) is 0. The molecule has 3 atom stereocenters. The van der Waals surface area contributed by atoms with Gasteiger partial charge in [0.15, 0.2) is 0 Å². The van der Waals surface area contributed by atoms with Gasteiger partial charge in [0.1, 0.15) is 23.3 Å². The zero-order valence-corrected chi connectivity index (χ0v) is 38.3. The first-order chi connectivity index (χ1) is 32.1. The molecule has 340 valence electrons. The van der Waals surface area contributed by atoms with Gasteiger partial charge in [0.05, 0.1) is 35.9 Å². The molecular weight excluding hydrogens is 825 g/mol. The molecule has 0 radical (unpaired) electrons. The number of benzene rings is 4. The van der Waals surface area contributed by atoms with Crippen molar-refractivity contribution < 1.29 is 19.1 Å². The Morgan fingerprint density at radius 3 is 1.71 bits per heavy atom. The van der Waals surface area contributed by atoms with E-state index in [0.717, 1.165) is 115 Å². The second kappa shape index (κ2) is 18.4. The summed E-state index contributed by atoms with van der Waals surface area (Å²) >= 11 is 0. The van der Waals surface area contributed by atoms with Crippen LogP contribution in [0.5, 0.6) is 0 Å². The maximum atomic E-state index is 14.4. The van der Waals surface area contributed by atoms with Crippen LogP contribution in [0.25, 0.3) is 33.6 Å². The van der Waals surface area contributed by atoms with E-state index in [4.69, 9.17) is 14.7 Å². The van der Waals surface area contributed by atoms with Gasteiger partial charge in [-0.05, 0) is 118 Å². The first-order valence-corrected chi connectivity index (χ1v) is 23.9. The molecule has 2 aromatic heterocycles. The van der Waals surface area contributed by atoms with Crippen LogP contribution in [-0.4, -0.2) is 102 Å². The van der Waals surface area contributed by atoms with E-state index in [9.17, 15) is 14.4 Å². The van der Waals surface area contributed by atoms with Crippen LogP contribution < -0.4 is 0 Å². The number of H-pyrrole nitrogens is 2. The molecule has 10 rings (SSSR count). The summed E-state index contributed by atoms with van der Waals surface area (Å²) in [6.45, 7) is 10.2. The van der Waals surface area contributed by atoms with Crippen molar-refractivity contribution in [3.63, 3.8) is 0 Å². The van der Waals surface area contributed by atoms with Crippen LogP contribution >= 0.6 is 0 Å². The Morgan fingerprint density at radius 2 is 1.15 bits per heavy atom. The molecule has 12 heteroatoms. The lowest BCUT2D eigenvalue weighted by Gasteiger charge is -2.40. The minimum atomic E-state index is -0.517. The number of rotatable bonds is 10. The number of carbonyl (C=O) groups excluding carboxylic acids is 3. The van der Waals surface area contributed by atoms with Gasteiger partial charge in [-0.2, -0.15) is 0 Å². The first kappa shape index (κ1) is 43.4. The summed E-state index contributed by atoms with van der Waals surface area (Å²) in [6, 6.07) is 34.7. The van der Waals surface area contributed by atoms with E-state index >= 15 is 0 Å². The molecule has 4 aliphatic heterocycles. The standard InChI is InChI=1S/C54H60N8O4/c1-54(2,3)66-53(65)60-34-43(35-60)38-20-26-42(27-21-38)51(63)61-30-10-14-46(61)49-55-32-44(57-49)39-22-16-36(17-23-39)37-18-24-40(25-19-37)45-33-56-50(58-45)47-15-11-31-62(47)52(64)48(41-12-6-4-7-13-41)59-28-8-5-9-29-59/h4,6-7,12-13,16-27,32-33,43,46-48H,5,8-11,14-15,28-31,34-35H2,1-3H3,(H,55,57)(H,56,58)/t46-,47-,48+/m0/s1. The van der Waals surface area contributed by atoms with Crippen LogP contribution in [0.3, 0.4) is 0 Å². The zero-order chi connectivity index (χ0) is 45.4. The fourth-order valence-electron chi connectivity index (χ4n) is 10.3. The highest BCUT2D eigenvalue weighted by Crippen LogP contribution is 2.38. The average Bonchev–Trinajstić information content (AvgIpc) is 4.17. The van der Waals surface area contributed by atoms with Crippen LogP contribution in [-0.2, 0) is 9.53 Å². The molecule has 0 unspecified atom stereocenters. The molecule has 0 saturated carbocycles. The van der Waals surface area contributed by atoms with Crippen molar-refractivity contribution in [2.45, 2.75) is 95.4 Å². The number of aromatic amines is 2. The molecule has 4 aliphatic rings. The van der Waals surface area contributed by atoms with E-state index in [-0.39, 0.29) is 42.0 Å². The molecule has 6 heterocycles. The molecule has 0 aliphatic carbocycles. The third kappa shape index (κ3) is 9.03. The van der Waals surface area contributed by atoms with Crippen LogP contribution in [0, 0.1) is 0 Å². The maximum absolute atomic E-state index is 14.4. The molecule has 0 bridgehead atoms. The summed E-state index contributed by atoms with van der Waals surface area (Å²) < 4.78 is 5.50. The fourth-order valence-corrected chi connectivity index (χ4v) is 10.3. The van der Waals surface area contributed by atoms with Gasteiger partial charge in [-0.1, -0.05) is 97.4 Å². The molecule has 12 nitrogen and oxygen atoms in total. The van der Waals surface area contributed by atoms with Gasteiger partial charge in [-0.15, -0.1) is 0 Å². The predicted octanol–water partition coefficient (Wildman–Crippen LogP) is 10.3. The lowest BCUT2D eigenvalue weighted by molar-refractivity contribution is -0.139. The number of piperidine rings is 1. The van der Waals surface area contributed by atoms with Gasteiger partial charge >= 0.3 is 6.09 Å². The second-order valence-electron chi connectivity index (χ2n) is 19.5. The number of hydrogen-bond acceptors (Lipinski definition) is 7. The molecule has 3 amide bonds. The van der Waals surface area contributed by atoms with Crippen molar-refractivity contribution in [2.75, 3.05) is 39.3 Å². The number of likely N-dealkylation sites (tertiary alicyclic amines) is 4. The third-order valence-corrected chi connectivity index (χ3v) is 13.9. The summed E-state index contributed by atoms with van der Waals surface area (Å²) in [4.78, 5) is 65.5. The summed E-state index contributed by atoms with van der Waals surface area (Å²) in [6.07, 6.45) is 10.6. The maximum Gasteiger partial charge on any atom is 0.410 e. The molecule has 2 N–H and O–H groups in total. The molecule has 0 spiro atoms. The van der Waals surface area contributed by atoms with E-state index in [1.165, 1.54) is 6.42 Å². The number of aromatic nitrogens is 4. The molecule has 4 saturated heterocycles. The SMILES string of the molecule is CC(C)(C)OC(=O)N1CC(c2ccc(C(=O)N3CCC[C@H]3c3ncc(-c4ccc(-c5ccc(-c6cnc([C@@H]7CCCN7C(=O)[C@@H](c7ccccc7)N7CCCCC7)[nH]6)cc5)cc4)[nH]3)cc2)C1. The Balaban J connectivity index is 0.759. The highest BCUT2D eigenvalue weighted by Gasteiger charge is 2.39. The first-order valence-electron chi connectivity index (χ1n) is 23.9. The number of amides is 3. The molecule has 4 aromatic carbocycles. The van der Waals surface area contributed by atoms with E-state index in [1.807, 2.05) is 80.5 Å². The van der Waals surface area contributed by atoms with E-state index in [1.54, 1.807) is 4.90 Å². The number of hydrogen-bond donors (Lipinski definition) is 2. The monoisotopic (exact) mass is 884 g/mol. The second-order valence-corrected chi connectivity index (χ2v) is 19.5. The Morgan fingerprint density at radius 1 is 0.621 bits per heavy atom. The van der Waals surface area contributed by atoms with Crippen molar-refractivity contribution in [2.24, 2.45) is 0 Å². The number of ether oxygens (including phenoxy) is 1. The van der Waals surface area contributed by atoms with Crippen LogP contribution in [0.1, 0.15) is 123 Å². The Labute approximate surface area is 387 Å². The largest absolute Gasteiger partial charge is 0.444 e. The average molecular weight is 885 g/mol. The molecule has 66 heavy (non-hydrogen) atoms. The van der Waals surface area contributed by atoms with E-state index in [2.05, 4.69) is 80.4 Å². The third-order valence-electron chi connectivity index (χ3n) is 13.9.